The molecule has 0 saturated heterocycles. The normalized spacial score (nSPS) is 13.5. The molecule has 0 spiro atoms. The number of hydrogen-bond donors (Lipinski definition) is 1. The highest BCUT2D eigenvalue weighted by molar-refractivity contribution is 5.75. The largest absolute Gasteiger partial charge is 0.480 e. The maximum atomic E-state index is 14.0. The molecule has 6 nitrogen and oxygen atoms in total. The van der Waals surface area contributed by atoms with Gasteiger partial charge in [-0.05, 0) is 68.3 Å². The third-order valence-corrected chi connectivity index (χ3v) is 6.64. The van der Waals surface area contributed by atoms with Crippen LogP contribution in [0.25, 0.3) is 34.0 Å². The van der Waals surface area contributed by atoms with Gasteiger partial charge in [0.1, 0.15) is 6.04 Å². The summed E-state index contributed by atoms with van der Waals surface area (Å²) < 4.78 is 47.4. The summed E-state index contributed by atoms with van der Waals surface area (Å²) in [5.74, 6) is -0.749. The summed E-state index contributed by atoms with van der Waals surface area (Å²) in [6.45, 7) is 5.26. The van der Waals surface area contributed by atoms with Crippen molar-refractivity contribution in [2.45, 2.75) is 39.0 Å². The van der Waals surface area contributed by atoms with Crippen molar-refractivity contribution in [3.05, 3.63) is 83.4 Å². The average Bonchev–Trinajstić information content (AvgIpc) is 3.37. The Bertz CT molecular complexity index is 1430. The molecule has 0 aliphatic carbocycles. The third kappa shape index (κ3) is 5.41. The van der Waals surface area contributed by atoms with Gasteiger partial charge in [0.15, 0.2) is 0 Å². The van der Waals surface area contributed by atoms with E-state index >= 15 is 0 Å². The highest BCUT2D eigenvalue weighted by atomic mass is 19.4. The standard InChI is InChI=1S/C28H26F3N3O3/c1-16-8-5-6-11-22(16)23-13-12-21(15-24(23)28(29,30)31)26-32-25(33-37-26)20-10-7-9-19(14-20)17(2)34(4)18(3)27(35)36/h5-15,17-18H,1-4H3,(H,35,36)/t17?,18-/m0/s1. The molecule has 1 aromatic heterocycles. The van der Waals surface area contributed by atoms with Crippen LogP contribution in [0.15, 0.2) is 71.3 Å². The Hall–Kier alpha value is -3.98. The lowest BCUT2D eigenvalue weighted by molar-refractivity contribution is -0.143. The predicted molar refractivity (Wildman–Crippen MR) is 134 cm³/mol. The highest BCUT2D eigenvalue weighted by Gasteiger charge is 2.35. The SMILES string of the molecule is Cc1ccccc1-c1ccc(-c2nc(-c3cccc(C(C)N(C)[C@@H](C)C(=O)O)c3)no2)cc1C(F)(F)F. The molecular weight excluding hydrogens is 483 g/mol. The number of carboxylic acid groups (broad SMARTS) is 1. The number of aromatic nitrogens is 2. The first-order valence-corrected chi connectivity index (χ1v) is 11.6. The molecule has 0 radical (unpaired) electrons. The molecule has 4 rings (SSSR count). The Labute approximate surface area is 212 Å². The Morgan fingerprint density at radius 1 is 0.973 bits per heavy atom. The number of rotatable bonds is 7. The number of benzene rings is 3. The number of alkyl halides is 3. The van der Waals surface area contributed by atoms with E-state index in [4.69, 9.17) is 4.52 Å². The number of aryl methyl sites for hydroxylation is 1. The van der Waals surface area contributed by atoms with E-state index in [9.17, 15) is 23.1 Å². The smallest absolute Gasteiger partial charge is 0.417 e. The molecule has 0 aliphatic heterocycles. The Morgan fingerprint density at radius 2 is 1.70 bits per heavy atom. The average molecular weight is 510 g/mol. The van der Waals surface area contributed by atoms with E-state index in [0.717, 1.165) is 17.2 Å². The Morgan fingerprint density at radius 3 is 2.38 bits per heavy atom. The van der Waals surface area contributed by atoms with Crippen LogP contribution in [0.1, 0.15) is 36.6 Å². The molecule has 1 unspecified atom stereocenters. The minimum Gasteiger partial charge on any atom is -0.480 e. The van der Waals surface area contributed by atoms with Gasteiger partial charge in [-0.1, -0.05) is 53.7 Å². The van der Waals surface area contributed by atoms with E-state index in [2.05, 4.69) is 10.1 Å². The molecule has 0 fully saturated rings. The number of nitrogens with zero attached hydrogens (tertiary/aromatic N) is 3. The zero-order valence-electron chi connectivity index (χ0n) is 20.7. The molecule has 37 heavy (non-hydrogen) atoms. The molecule has 0 saturated carbocycles. The fourth-order valence-corrected chi connectivity index (χ4v) is 4.16. The maximum Gasteiger partial charge on any atom is 0.417 e. The zero-order chi connectivity index (χ0) is 26.9. The highest BCUT2D eigenvalue weighted by Crippen LogP contribution is 2.40. The first kappa shape index (κ1) is 26.1. The van der Waals surface area contributed by atoms with Gasteiger partial charge < -0.3 is 9.63 Å². The van der Waals surface area contributed by atoms with E-state index in [-0.39, 0.29) is 28.9 Å². The predicted octanol–water partition coefficient (Wildman–Crippen LogP) is 6.86. The molecule has 0 bridgehead atoms. The number of halogens is 3. The second-order valence-electron chi connectivity index (χ2n) is 8.98. The maximum absolute atomic E-state index is 14.0. The van der Waals surface area contributed by atoms with E-state index in [1.807, 2.05) is 19.1 Å². The van der Waals surface area contributed by atoms with Crippen molar-refractivity contribution in [3.63, 3.8) is 0 Å². The van der Waals surface area contributed by atoms with Gasteiger partial charge in [-0.25, -0.2) is 0 Å². The van der Waals surface area contributed by atoms with Crippen LogP contribution < -0.4 is 0 Å². The first-order chi connectivity index (χ1) is 17.5. The second-order valence-corrected chi connectivity index (χ2v) is 8.98. The molecule has 3 aromatic carbocycles. The van der Waals surface area contributed by atoms with E-state index in [1.165, 1.54) is 12.1 Å². The Kier molecular flexibility index (Phi) is 7.18. The van der Waals surface area contributed by atoms with Crippen molar-refractivity contribution in [1.29, 1.82) is 0 Å². The van der Waals surface area contributed by atoms with Crippen molar-refractivity contribution in [3.8, 4) is 34.0 Å². The molecular formula is C28H26F3N3O3. The number of hydrogen-bond acceptors (Lipinski definition) is 5. The summed E-state index contributed by atoms with van der Waals surface area (Å²) in [5.41, 5.74) is 2.12. The lowest BCUT2D eigenvalue weighted by Crippen LogP contribution is -2.37. The van der Waals surface area contributed by atoms with Crippen molar-refractivity contribution in [1.82, 2.24) is 15.0 Å². The van der Waals surface area contributed by atoms with Gasteiger partial charge >= 0.3 is 12.1 Å². The van der Waals surface area contributed by atoms with Crippen molar-refractivity contribution in [2.75, 3.05) is 7.05 Å². The van der Waals surface area contributed by atoms with Gasteiger partial charge in [-0.3, -0.25) is 9.69 Å². The summed E-state index contributed by atoms with van der Waals surface area (Å²) in [7, 11) is 1.72. The van der Waals surface area contributed by atoms with Crippen LogP contribution in [0, 0.1) is 6.92 Å². The molecule has 1 N–H and O–H groups in total. The second kappa shape index (κ2) is 10.2. The zero-order valence-corrected chi connectivity index (χ0v) is 20.7. The lowest BCUT2D eigenvalue weighted by atomic mass is 9.94. The first-order valence-electron chi connectivity index (χ1n) is 11.6. The van der Waals surface area contributed by atoms with E-state index in [0.29, 0.717) is 11.1 Å². The van der Waals surface area contributed by atoms with Gasteiger partial charge in [0.25, 0.3) is 5.89 Å². The van der Waals surface area contributed by atoms with Gasteiger partial charge in [0.05, 0.1) is 5.56 Å². The molecule has 2 atom stereocenters. The summed E-state index contributed by atoms with van der Waals surface area (Å²) in [5, 5.41) is 13.3. The fourth-order valence-electron chi connectivity index (χ4n) is 4.16. The molecule has 0 aliphatic rings. The minimum absolute atomic E-state index is 0.0353. The molecule has 1 heterocycles. The van der Waals surface area contributed by atoms with Gasteiger partial charge in [-0.15, -0.1) is 0 Å². The van der Waals surface area contributed by atoms with Crippen LogP contribution in [0.4, 0.5) is 13.2 Å². The van der Waals surface area contributed by atoms with Gasteiger partial charge in [-0.2, -0.15) is 18.2 Å². The van der Waals surface area contributed by atoms with Crippen LogP contribution in [0.2, 0.25) is 0 Å². The summed E-state index contributed by atoms with van der Waals surface area (Å²) >= 11 is 0. The lowest BCUT2D eigenvalue weighted by Gasteiger charge is -2.28. The van der Waals surface area contributed by atoms with Crippen LogP contribution in [0.5, 0.6) is 0 Å². The number of carboxylic acids is 1. The van der Waals surface area contributed by atoms with E-state index in [1.54, 1.807) is 62.2 Å². The molecule has 4 aromatic rings. The van der Waals surface area contributed by atoms with Crippen molar-refractivity contribution < 1.29 is 27.6 Å². The molecule has 9 heteroatoms. The Balaban J connectivity index is 1.68. The number of carbonyl (C=O) groups is 1. The van der Waals surface area contributed by atoms with Crippen LogP contribution in [-0.2, 0) is 11.0 Å². The fraction of sp³-hybridized carbons (Fsp3) is 0.250. The quantitative estimate of drug-likeness (QED) is 0.293. The third-order valence-electron chi connectivity index (χ3n) is 6.64. The van der Waals surface area contributed by atoms with Gasteiger partial charge in [0.2, 0.25) is 5.82 Å². The van der Waals surface area contributed by atoms with Crippen molar-refractivity contribution >= 4 is 5.97 Å². The van der Waals surface area contributed by atoms with Crippen LogP contribution in [-0.4, -0.2) is 39.2 Å². The number of aliphatic carboxylic acids is 1. The molecule has 192 valence electrons. The van der Waals surface area contributed by atoms with Crippen LogP contribution >= 0.6 is 0 Å². The topological polar surface area (TPSA) is 79.5 Å². The summed E-state index contributed by atoms with van der Waals surface area (Å²) in [6, 6.07) is 17.2. The number of likely N-dealkylation sites (N-methyl/N-ethyl adjacent to an activating group) is 1. The van der Waals surface area contributed by atoms with Crippen molar-refractivity contribution in [2.24, 2.45) is 0 Å². The van der Waals surface area contributed by atoms with Crippen LogP contribution in [0.3, 0.4) is 0 Å². The van der Waals surface area contributed by atoms with Gasteiger partial charge in [0, 0.05) is 17.2 Å². The monoisotopic (exact) mass is 509 g/mol. The van der Waals surface area contributed by atoms with E-state index < -0.39 is 23.8 Å². The molecule has 0 amide bonds. The summed E-state index contributed by atoms with van der Waals surface area (Å²) in [6.07, 6.45) is -4.58. The minimum atomic E-state index is -4.58. The summed E-state index contributed by atoms with van der Waals surface area (Å²) in [4.78, 5) is 17.4.